The van der Waals surface area contributed by atoms with Crippen LogP contribution < -0.4 is 14.4 Å². The maximum Gasteiger partial charge on any atom is 0.232 e. The van der Waals surface area contributed by atoms with Crippen molar-refractivity contribution >= 4 is 21.6 Å². The summed E-state index contributed by atoms with van der Waals surface area (Å²) in [6, 6.07) is 13.4. The van der Waals surface area contributed by atoms with Gasteiger partial charge in [-0.1, -0.05) is 30.3 Å². The quantitative estimate of drug-likeness (QED) is 0.692. The Labute approximate surface area is 185 Å². The van der Waals surface area contributed by atoms with E-state index in [1.54, 1.807) is 0 Å². The van der Waals surface area contributed by atoms with Crippen molar-refractivity contribution in [1.29, 1.82) is 0 Å². The number of rotatable bonds is 7. The molecule has 2 aromatic rings. The Morgan fingerprint density at radius 1 is 1.19 bits per heavy atom. The SMILES string of the molecule is Cc1ccc(C)c(N(CCCC(=O)NC2CC(C)(C)Oc3ccccc32)S(C)(=O)=O)c1. The van der Waals surface area contributed by atoms with E-state index in [4.69, 9.17) is 4.74 Å². The third-order valence-corrected chi connectivity index (χ3v) is 6.69. The summed E-state index contributed by atoms with van der Waals surface area (Å²) in [5.74, 6) is 0.703. The summed E-state index contributed by atoms with van der Waals surface area (Å²) in [6.45, 7) is 8.10. The average molecular weight is 445 g/mol. The molecular formula is C24H32N2O4S. The number of benzene rings is 2. The van der Waals surface area contributed by atoms with Gasteiger partial charge in [-0.15, -0.1) is 0 Å². The van der Waals surface area contributed by atoms with E-state index in [0.717, 1.165) is 22.4 Å². The van der Waals surface area contributed by atoms with Gasteiger partial charge in [0.15, 0.2) is 0 Å². The van der Waals surface area contributed by atoms with E-state index in [1.165, 1.54) is 10.6 Å². The van der Waals surface area contributed by atoms with E-state index in [-0.39, 0.29) is 30.5 Å². The fraction of sp³-hybridized carbons (Fsp3) is 0.458. The number of anilines is 1. The Morgan fingerprint density at radius 2 is 1.90 bits per heavy atom. The van der Waals surface area contributed by atoms with Gasteiger partial charge in [-0.3, -0.25) is 9.10 Å². The molecule has 1 atom stereocenters. The molecular weight excluding hydrogens is 412 g/mol. The molecule has 1 heterocycles. The van der Waals surface area contributed by atoms with Gasteiger partial charge < -0.3 is 10.1 Å². The van der Waals surface area contributed by atoms with Crippen molar-refractivity contribution in [3.63, 3.8) is 0 Å². The molecule has 1 N–H and O–H groups in total. The summed E-state index contributed by atoms with van der Waals surface area (Å²) in [7, 11) is -3.45. The zero-order chi connectivity index (χ0) is 22.8. The number of para-hydroxylation sites is 1. The van der Waals surface area contributed by atoms with Crippen LogP contribution >= 0.6 is 0 Å². The van der Waals surface area contributed by atoms with E-state index >= 15 is 0 Å². The smallest absolute Gasteiger partial charge is 0.232 e. The molecule has 1 aliphatic rings. The molecule has 1 unspecified atom stereocenters. The predicted molar refractivity (Wildman–Crippen MR) is 124 cm³/mol. The molecule has 168 valence electrons. The molecule has 0 spiro atoms. The topological polar surface area (TPSA) is 75.7 Å². The van der Waals surface area contributed by atoms with Gasteiger partial charge in [0.25, 0.3) is 0 Å². The Hall–Kier alpha value is -2.54. The lowest BCUT2D eigenvalue weighted by molar-refractivity contribution is -0.122. The summed E-state index contributed by atoms with van der Waals surface area (Å²) < 4.78 is 32.2. The number of fused-ring (bicyclic) bond motifs is 1. The first-order chi connectivity index (χ1) is 14.5. The van der Waals surface area contributed by atoms with Crippen molar-refractivity contribution in [2.45, 2.75) is 58.6 Å². The number of amides is 1. The first-order valence-corrected chi connectivity index (χ1v) is 12.4. The fourth-order valence-corrected chi connectivity index (χ4v) is 5.05. The van der Waals surface area contributed by atoms with Crippen LogP contribution in [0.3, 0.4) is 0 Å². The molecule has 0 bridgehead atoms. The summed E-state index contributed by atoms with van der Waals surface area (Å²) in [5.41, 5.74) is 3.16. The van der Waals surface area contributed by atoms with Crippen LogP contribution in [0.1, 0.15) is 55.8 Å². The van der Waals surface area contributed by atoms with Crippen LogP contribution in [0.25, 0.3) is 0 Å². The molecule has 2 aromatic carbocycles. The van der Waals surface area contributed by atoms with Crippen molar-refractivity contribution in [2.24, 2.45) is 0 Å². The Balaban J connectivity index is 1.66. The molecule has 1 aliphatic heterocycles. The van der Waals surface area contributed by atoms with E-state index in [0.29, 0.717) is 18.5 Å². The van der Waals surface area contributed by atoms with Gasteiger partial charge in [0.1, 0.15) is 11.4 Å². The van der Waals surface area contributed by atoms with Gasteiger partial charge in [-0.05, 0) is 57.4 Å². The molecule has 7 heteroatoms. The minimum Gasteiger partial charge on any atom is -0.487 e. The molecule has 0 saturated heterocycles. The third kappa shape index (κ3) is 5.79. The lowest BCUT2D eigenvalue weighted by Gasteiger charge is -2.37. The zero-order valence-electron chi connectivity index (χ0n) is 18.9. The van der Waals surface area contributed by atoms with Crippen LogP contribution in [-0.4, -0.2) is 32.7 Å². The van der Waals surface area contributed by atoms with Crippen molar-refractivity contribution < 1.29 is 17.9 Å². The van der Waals surface area contributed by atoms with Gasteiger partial charge in [0.05, 0.1) is 18.0 Å². The van der Waals surface area contributed by atoms with Crippen LogP contribution in [0.15, 0.2) is 42.5 Å². The maximum absolute atomic E-state index is 12.7. The van der Waals surface area contributed by atoms with Crippen molar-refractivity contribution in [3.05, 3.63) is 59.2 Å². The number of carbonyl (C=O) groups is 1. The van der Waals surface area contributed by atoms with E-state index in [1.807, 2.05) is 70.2 Å². The number of hydrogen-bond acceptors (Lipinski definition) is 4. The number of ether oxygens (including phenoxy) is 1. The Morgan fingerprint density at radius 3 is 2.61 bits per heavy atom. The highest BCUT2D eigenvalue weighted by molar-refractivity contribution is 7.92. The Bertz CT molecular complexity index is 1060. The number of nitrogens with zero attached hydrogens (tertiary/aromatic N) is 1. The molecule has 1 amide bonds. The Kier molecular flexibility index (Phi) is 6.65. The average Bonchev–Trinajstić information content (AvgIpc) is 2.65. The monoisotopic (exact) mass is 444 g/mol. The highest BCUT2D eigenvalue weighted by atomic mass is 32.2. The number of aryl methyl sites for hydroxylation is 2. The third-order valence-electron chi connectivity index (χ3n) is 5.51. The van der Waals surface area contributed by atoms with E-state index < -0.39 is 10.0 Å². The van der Waals surface area contributed by atoms with Crippen molar-refractivity contribution in [3.8, 4) is 5.75 Å². The van der Waals surface area contributed by atoms with E-state index in [2.05, 4.69) is 5.32 Å². The van der Waals surface area contributed by atoms with Crippen LogP contribution in [0.2, 0.25) is 0 Å². The summed E-state index contributed by atoms with van der Waals surface area (Å²) >= 11 is 0. The molecule has 3 rings (SSSR count). The molecule has 0 radical (unpaired) electrons. The molecule has 0 aliphatic carbocycles. The molecule has 6 nitrogen and oxygen atoms in total. The maximum atomic E-state index is 12.7. The minimum absolute atomic E-state index is 0.0908. The standard InChI is InChI=1S/C24H32N2O4S/c1-17-12-13-18(2)21(15-17)26(31(5,28)29)14-8-11-23(27)25-20-16-24(3,4)30-22-10-7-6-9-19(20)22/h6-7,9-10,12-13,15,20H,8,11,14,16H2,1-5H3,(H,25,27). The normalized spacial score (nSPS) is 17.4. The van der Waals surface area contributed by atoms with Gasteiger partial charge in [-0.25, -0.2) is 8.42 Å². The van der Waals surface area contributed by atoms with Crippen LogP contribution in [0.4, 0.5) is 5.69 Å². The first-order valence-electron chi connectivity index (χ1n) is 10.6. The number of hydrogen-bond donors (Lipinski definition) is 1. The number of sulfonamides is 1. The summed E-state index contributed by atoms with van der Waals surface area (Å²) in [6.07, 6.45) is 2.56. The molecule has 0 fully saturated rings. The highest BCUT2D eigenvalue weighted by Gasteiger charge is 2.34. The second-order valence-electron chi connectivity index (χ2n) is 8.95. The van der Waals surface area contributed by atoms with Crippen molar-refractivity contribution in [2.75, 3.05) is 17.1 Å². The van der Waals surface area contributed by atoms with Crippen LogP contribution in [0, 0.1) is 13.8 Å². The second kappa shape index (κ2) is 8.91. The van der Waals surface area contributed by atoms with E-state index in [9.17, 15) is 13.2 Å². The number of carbonyl (C=O) groups excluding carboxylic acids is 1. The van der Waals surface area contributed by atoms with Gasteiger partial charge >= 0.3 is 0 Å². The highest BCUT2D eigenvalue weighted by Crippen LogP contribution is 2.39. The largest absolute Gasteiger partial charge is 0.487 e. The first kappa shape index (κ1) is 23.1. The number of nitrogens with one attached hydrogen (secondary N) is 1. The fourth-order valence-electron chi connectivity index (χ4n) is 4.03. The second-order valence-corrected chi connectivity index (χ2v) is 10.9. The van der Waals surface area contributed by atoms with Gasteiger partial charge in [0.2, 0.25) is 15.9 Å². The minimum atomic E-state index is -3.45. The molecule has 0 saturated carbocycles. The zero-order valence-corrected chi connectivity index (χ0v) is 19.8. The van der Waals surface area contributed by atoms with Crippen LogP contribution in [0.5, 0.6) is 5.75 Å². The van der Waals surface area contributed by atoms with Gasteiger partial charge in [0, 0.05) is 24.9 Å². The summed E-state index contributed by atoms with van der Waals surface area (Å²) in [4.78, 5) is 12.7. The predicted octanol–water partition coefficient (Wildman–Crippen LogP) is 4.27. The molecule has 31 heavy (non-hydrogen) atoms. The molecule has 0 aromatic heterocycles. The van der Waals surface area contributed by atoms with Gasteiger partial charge in [-0.2, -0.15) is 0 Å². The van der Waals surface area contributed by atoms with Crippen molar-refractivity contribution in [1.82, 2.24) is 5.32 Å². The lowest BCUT2D eigenvalue weighted by atomic mass is 9.89. The summed E-state index contributed by atoms with van der Waals surface area (Å²) in [5, 5.41) is 3.12. The lowest BCUT2D eigenvalue weighted by Crippen LogP contribution is -2.41. The van der Waals surface area contributed by atoms with Crippen LogP contribution in [-0.2, 0) is 14.8 Å².